The fraction of sp³-hybridized carbons (Fsp3) is 0.500. The summed E-state index contributed by atoms with van der Waals surface area (Å²) in [5.41, 5.74) is 1.30. The highest BCUT2D eigenvalue weighted by atomic mass is 19.1. The zero-order chi connectivity index (χ0) is 13.1. The molecule has 7 heteroatoms. The van der Waals surface area contributed by atoms with Crippen molar-refractivity contribution in [3.05, 3.63) is 17.7 Å². The summed E-state index contributed by atoms with van der Waals surface area (Å²) in [6.45, 7) is 3.33. The molecule has 1 aromatic rings. The zero-order valence-corrected chi connectivity index (χ0v) is 9.72. The van der Waals surface area contributed by atoms with Crippen LogP contribution in [0.5, 0.6) is 0 Å². The highest BCUT2D eigenvalue weighted by Crippen LogP contribution is 2.22. The molecule has 17 heavy (non-hydrogen) atoms. The van der Waals surface area contributed by atoms with Crippen LogP contribution >= 0.6 is 0 Å². The number of nitrogens with two attached hydrogens (primary N) is 1. The quantitative estimate of drug-likeness (QED) is 0.464. The van der Waals surface area contributed by atoms with Gasteiger partial charge in [0.25, 0.3) is 0 Å². The summed E-state index contributed by atoms with van der Waals surface area (Å²) in [6.07, 6.45) is 0.549. The third-order valence-electron chi connectivity index (χ3n) is 2.62. The van der Waals surface area contributed by atoms with Gasteiger partial charge in [-0.05, 0) is 13.3 Å². The van der Waals surface area contributed by atoms with Gasteiger partial charge in [-0.1, -0.05) is 6.92 Å². The molecule has 0 bridgehead atoms. The normalized spacial score (nSPS) is 14.2. The number of nitrogens with one attached hydrogen (secondary N) is 2. The van der Waals surface area contributed by atoms with Gasteiger partial charge in [-0.3, -0.25) is 0 Å². The van der Waals surface area contributed by atoms with Gasteiger partial charge < -0.3 is 15.8 Å². The Hall–Kier alpha value is -1.47. The topological polar surface area (TPSA) is 83.2 Å². The van der Waals surface area contributed by atoms with Crippen LogP contribution in [-0.2, 0) is 0 Å². The van der Waals surface area contributed by atoms with Crippen molar-refractivity contribution in [2.75, 3.05) is 17.3 Å². The number of anilines is 2. The van der Waals surface area contributed by atoms with Crippen LogP contribution in [-0.4, -0.2) is 22.2 Å². The summed E-state index contributed by atoms with van der Waals surface area (Å²) in [5, 5.41) is 11.9. The van der Waals surface area contributed by atoms with Crippen molar-refractivity contribution in [2.24, 2.45) is 5.84 Å². The molecule has 1 rings (SSSR count). The Morgan fingerprint density at radius 1 is 1.41 bits per heavy atom. The number of nitrogens with zero attached hydrogens (tertiary/aromatic N) is 1. The molecule has 0 saturated heterocycles. The average molecular weight is 246 g/mol. The Morgan fingerprint density at radius 3 is 2.47 bits per heavy atom. The molecule has 0 aliphatic rings. The second kappa shape index (κ2) is 5.24. The van der Waals surface area contributed by atoms with Crippen LogP contribution in [0.4, 0.5) is 20.4 Å². The van der Waals surface area contributed by atoms with Crippen molar-refractivity contribution in [3.63, 3.8) is 0 Å². The molecule has 96 valence electrons. The van der Waals surface area contributed by atoms with E-state index in [9.17, 15) is 13.9 Å². The van der Waals surface area contributed by atoms with Crippen molar-refractivity contribution in [3.8, 4) is 0 Å². The van der Waals surface area contributed by atoms with E-state index in [1.165, 1.54) is 0 Å². The van der Waals surface area contributed by atoms with Crippen molar-refractivity contribution >= 4 is 11.6 Å². The molecule has 0 radical (unpaired) electrons. The molecule has 5 nitrogen and oxygen atoms in total. The van der Waals surface area contributed by atoms with Gasteiger partial charge in [-0.25, -0.2) is 19.6 Å². The first-order valence-corrected chi connectivity index (χ1v) is 5.17. The number of nitrogen functional groups attached to an aromatic ring is 1. The van der Waals surface area contributed by atoms with Gasteiger partial charge in [0.1, 0.15) is 0 Å². The predicted octanol–water partition coefficient (Wildman–Crippen LogP) is 1.22. The van der Waals surface area contributed by atoms with Crippen LogP contribution in [0.3, 0.4) is 0 Å². The maximum Gasteiger partial charge on any atom is 0.178 e. The van der Waals surface area contributed by atoms with Gasteiger partial charge in [-0.2, -0.15) is 0 Å². The van der Waals surface area contributed by atoms with Gasteiger partial charge in [0.05, 0.1) is 12.1 Å². The zero-order valence-electron chi connectivity index (χ0n) is 9.72. The number of aliphatic hydroxyl groups excluding tert-OH is 1. The standard InChI is InChI=1S/C10H16F2N4O/c1-3-10(2,5-17)15-8-6(11)4-7(12)9(14-8)16-13/h4,17H,3,5,13H2,1-2H3,(H2,14,15,16). The Kier molecular flexibility index (Phi) is 4.19. The minimum Gasteiger partial charge on any atom is -0.394 e. The van der Waals surface area contributed by atoms with Crippen LogP contribution in [0, 0.1) is 11.6 Å². The van der Waals surface area contributed by atoms with E-state index in [1.807, 2.05) is 12.3 Å². The van der Waals surface area contributed by atoms with Crippen molar-refractivity contribution in [1.29, 1.82) is 0 Å². The number of rotatable bonds is 5. The first kappa shape index (κ1) is 13.6. The van der Waals surface area contributed by atoms with E-state index in [0.29, 0.717) is 12.5 Å². The number of aliphatic hydroxyl groups is 1. The first-order chi connectivity index (χ1) is 7.95. The van der Waals surface area contributed by atoms with Gasteiger partial charge in [0.15, 0.2) is 23.3 Å². The smallest absolute Gasteiger partial charge is 0.178 e. The van der Waals surface area contributed by atoms with Crippen molar-refractivity contribution in [1.82, 2.24) is 4.98 Å². The number of aromatic nitrogens is 1. The van der Waals surface area contributed by atoms with E-state index < -0.39 is 17.2 Å². The second-order valence-corrected chi connectivity index (χ2v) is 3.99. The highest BCUT2D eigenvalue weighted by molar-refractivity contribution is 5.48. The van der Waals surface area contributed by atoms with Crippen LogP contribution in [0.2, 0.25) is 0 Å². The fourth-order valence-corrected chi connectivity index (χ4v) is 1.18. The summed E-state index contributed by atoms with van der Waals surface area (Å²) < 4.78 is 26.6. The van der Waals surface area contributed by atoms with Crippen LogP contribution < -0.4 is 16.6 Å². The first-order valence-electron chi connectivity index (χ1n) is 5.17. The van der Waals surface area contributed by atoms with Crippen molar-refractivity contribution in [2.45, 2.75) is 25.8 Å². The summed E-state index contributed by atoms with van der Waals surface area (Å²) in [7, 11) is 0. The monoisotopic (exact) mass is 246 g/mol. The molecule has 1 unspecified atom stereocenters. The van der Waals surface area contributed by atoms with E-state index in [4.69, 9.17) is 5.84 Å². The molecular formula is C10H16F2N4O. The van der Waals surface area contributed by atoms with Gasteiger partial charge in [-0.15, -0.1) is 0 Å². The molecule has 0 aromatic carbocycles. The number of halogens is 2. The van der Waals surface area contributed by atoms with Gasteiger partial charge >= 0.3 is 0 Å². The van der Waals surface area contributed by atoms with Crippen LogP contribution in [0.15, 0.2) is 6.07 Å². The lowest BCUT2D eigenvalue weighted by atomic mass is 10.0. The molecule has 0 amide bonds. The lowest BCUT2D eigenvalue weighted by Gasteiger charge is -2.28. The average Bonchev–Trinajstić information content (AvgIpc) is 2.32. The molecule has 1 aromatic heterocycles. The number of hydrogen-bond acceptors (Lipinski definition) is 5. The molecular weight excluding hydrogens is 230 g/mol. The third-order valence-corrected chi connectivity index (χ3v) is 2.62. The number of pyridine rings is 1. The molecule has 5 N–H and O–H groups in total. The predicted molar refractivity (Wildman–Crippen MR) is 61.4 cm³/mol. The lowest BCUT2D eigenvalue weighted by Crippen LogP contribution is -2.38. The van der Waals surface area contributed by atoms with Crippen LogP contribution in [0.25, 0.3) is 0 Å². The van der Waals surface area contributed by atoms with Gasteiger partial charge in [0, 0.05) is 6.07 Å². The van der Waals surface area contributed by atoms with Crippen molar-refractivity contribution < 1.29 is 13.9 Å². The molecule has 0 saturated carbocycles. The molecule has 0 spiro atoms. The number of hydrazine groups is 1. The third kappa shape index (κ3) is 3.01. The minimum absolute atomic E-state index is 0.155. The second-order valence-electron chi connectivity index (χ2n) is 3.99. The summed E-state index contributed by atoms with van der Waals surface area (Å²) in [6, 6.07) is 0.679. The molecule has 0 aliphatic carbocycles. The maximum absolute atomic E-state index is 13.5. The van der Waals surface area contributed by atoms with E-state index >= 15 is 0 Å². The fourth-order valence-electron chi connectivity index (χ4n) is 1.18. The summed E-state index contributed by atoms with van der Waals surface area (Å²) >= 11 is 0. The van der Waals surface area contributed by atoms with Crippen LogP contribution in [0.1, 0.15) is 20.3 Å². The lowest BCUT2D eigenvalue weighted by molar-refractivity contribution is 0.218. The van der Waals surface area contributed by atoms with E-state index in [-0.39, 0.29) is 18.2 Å². The Balaban J connectivity index is 3.06. The molecule has 1 heterocycles. The maximum atomic E-state index is 13.5. The van der Waals surface area contributed by atoms with Gasteiger partial charge in [0.2, 0.25) is 0 Å². The Bertz CT molecular complexity index is 396. The molecule has 0 fully saturated rings. The summed E-state index contributed by atoms with van der Waals surface area (Å²) in [5.74, 6) is 2.92. The minimum atomic E-state index is -0.877. The summed E-state index contributed by atoms with van der Waals surface area (Å²) in [4.78, 5) is 3.66. The Morgan fingerprint density at radius 2 is 2.00 bits per heavy atom. The van der Waals surface area contributed by atoms with E-state index in [0.717, 1.165) is 0 Å². The SMILES string of the molecule is CCC(C)(CO)Nc1nc(NN)c(F)cc1F. The molecule has 0 aliphatic heterocycles. The largest absolute Gasteiger partial charge is 0.394 e. The Labute approximate surface area is 98.0 Å². The van der Waals surface area contributed by atoms with E-state index in [2.05, 4.69) is 10.3 Å². The number of hydrogen-bond donors (Lipinski definition) is 4. The highest BCUT2D eigenvalue weighted by Gasteiger charge is 2.23. The van der Waals surface area contributed by atoms with E-state index in [1.54, 1.807) is 6.92 Å². The molecule has 1 atom stereocenters.